The second-order valence-corrected chi connectivity index (χ2v) is 8.76. The molecule has 0 saturated carbocycles. The van der Waals surface area contributed by atoms with E-state index in [-0.39, 0.29) is 24.7 Å². The zero-order valence-electron chi connectivity index (χ0n) is 16.0. The third-order valence-corrected chi connectivity index (χ3v) is 5.32. The molecule has 2 aromatic carbocycles. The SMILES string of the molecule is CC1(C)COP(=O)([O-])O[C@@H]1c1ccccc1.Cc1ccc([C@@H]([NH3+])CO)cc1. The van der Waals surface area contributed by atoms with Gasteiger partial charge in [0.05, 0.1) is 19.3 Å². The molecule has 7 heteroatoms. The fourth-order valence-electron chi connectivity index (χ4n) is 2.71. The highest BCUT2D eigenvalue weighted by Gasteiger charge is 2.40. The van der Waals surface area contributed by atoms with Crippen molar-refractivity contribution < 1.29 is 29.3 Å². The van der Waals surface area contributed by atoms with Gasteiger partial charge in [0.15, 0.2) is 0 Å². The summed E-state index contributed by atoms with van der Waals surface area (Å²) in [5, 5.41) is 8.80. The molecule has 0 radical (unpaired) electrons. The Labute approximate surface area is 160 Å². The summed E-state index contributed by atoms with van der Waals surface area (Å²) in [6.07, 6.45) is -0.481. The van der Waals surface area contributed by atoms with Gasteiger partial charge in [-0.05, 0) is 12.5 Å². The van der Waals surface area contributed by atoms with Crippen molar-refractivity contribution in [2.45, 2.75) is 32.9 Å². The first kappa shape index (κ1) is 21.8. The van der Waals surface area contributed by atoms with Crippen LogP contribution in [0.1, 0.15) is 42.7 Å². The number of aliphatic hydroxyl groups excluding tert-OH is 1. The number of rotatable bonds is 3. The molecule has 2 aromatic rings. The topological polar surface area (TPSA) is 106 Å². The Kier molecular flexibility index (Phi) is 7.34. The van der Waals surface area contributed by atoms with Crippen LogP contribution in [-0.4, -0.2) is 18.3 Å². The van der Waals surface area contributed by atoms with Crippen LogP contribution in [0.15, 0.2) is 54.6 Å². The molecular weight excluding hydrogens is 365 g/mol. The van der Waals surface area contributed by atoms with Gasteiger partial charge in [0.1, 0.15) is 6.04 Å². The van der Waals surface area contributed by atoms with E-state index >= 15 is 0 Å². The minimum atomic E-state index is -4.14. The van der Waals surface area contributed by atoms with Gasteiger partial charge in [0.2, 0.25) is 0 Å². The summed E-state index contributed by atoms with van der Waals surface area (Å²) in [5.41, 5.74) is 6.63. The summed E-state index contributed by atoms with van der Waals surface area (Å²) in [4.78, 5) is 11.3. The zero-order valence-corrected chi connectivity index (χ0v) is 16.9. The standard InChI is InChI=1S/C11H15O4P.C9H13NO/c1-11(2)8-14-16(12,13)15-10(11)9-6-4-3-5-7-9;1-7-2-4-8(5-3-7)9(10)6-11/h3-7,10H,8H2,1-2H3,(H,12,13);2-5,9,11H,6,10H2,1H3/t10-;9-/m10/s1. The first-order chi connectivity index (χ1) is 12.6. The van der Waals surface area contributed by atoms with Gasteiger partial charge >= 0.3 is 0 Å². The molecule has 6 nitrogen and oxygen atoms in total. The van der Waals surface area contributed by atoms with E-state index in [1.165, 1.54) is 5.56 Å². The number of quaternary nitrogens is 1. The van der Waals surface area contributed by atoms with Crippen molar-refractivity contribution in [3.05, 3.63) is 71.3 Å². The lowest BCUT2D eigenvalue weighted by Gasteiger charge is -2.43. The van der Waals surface area contributed by atoms with E-state index in [1.807, 2.05) is 75.4 Å². The molecule has 1 unspecified atom stereocenters. The highest BCUT2D eigenvalue weighted by Crippen LogP contribution is 2.55. The van der Waals surface area contributed by atoms with Gasteiger partial charge < -0.3 is 24.8 Å². The number of hydrogen-bond donors (Lipinski definition) is 2. The van der Waals surface area contributed by atoms with Crippen molar-refractivity contribution in [3.63, 3.8) is 0 Å². The molecule has 4 N–H and O–H groups in total. The molecule has 1 fully saturated rings. The average Bonchev–Trinajstić information content (AvgIpc) is 2.65. The van der Waals surface area contributed by atoms with E-state index in [4.69, 9.17) is 14.2 Å². The molecule has 3 rings (SSSR count). The maximum absolute atomic E-state index is 11.3. The second kappa shape index (κ2) is 9.11. The highest BCUT2D eigenvalue weighted by atomic mass is 31.2. The van der Waals surface area contributed by atoms with Crippen molar-refractivity contribution >= 4 is 7.82 Å². The lowest BCUT2D eigenvalue weighted by atomic mass is 9.83. The van der Waals surface area contributed by atoms with Gasteiger partial charge in [-0.3, -0.25) is 4.57 Å². The Morgan fingerprint density at radius 1 is 1.22 bits per heavy atom. The average molecular weight is 393 g/mol. The molecule has 1 aliphatic rings. The fraction of sp³-hybridized carbons (Fsp3) is 0.400. The van der Waals surface area contributed by atoms with E-state index in [1.54, 1.807) is 0 Å². The molecule has 0 spiro atoms. The summed E-state index contributed by atoms with van der Waals surface area (Å²) >= 11 is 0. The highest BCUT2D eigenvalue weighted by molar-refractivity contribution is 7.45. The Balaban J connectivity index is 0.000000208. The fourth-order valence-corrected chi connectivity index (χ4v) is 3.92. The van der Waals surface area contributed by atoms with Gasteiger partial charge in [-0.1, -0.05) is 74.0 Å². The molecule has 0 aromatic heterocycles. The van der Waals surface area contributed by atoms with Crippen molar-refractivity contribution in [2.75, 3.05) is 13.2 Å². The molecule has 3 atom stereocenters. The number of aryl methyl sites for hydroxylation is 1. The van der Waals surface area contributed by atoms with Crippen LogP contribution in [0.25, 0.3) is 0 Å². The predicted octanol–water partition coefficient (Wildman–Crippen LogP) is 2.54. The summed E-state index contributed by atoms with van der Waals surface area (Å²) in [5.74, 6) is 0. The van der Waals surface area contributed by atoms with Crippen LogP contribution < -0.4 is 10.6 Å². The largest absolute Gasteiger partial charge is 0.756 e. The molecule has 1 saturated heterocycles. The zero-order chi connectivity index (χ0) is 20.1. The van der Waals surface area contributed by atoms with Crippen LogP contribution in [0, 0.1) is 12.3 Å². The van der Waals surface area contributed by atoms with Crippen LogP contribution in [0.4, 0.5) is 0 Å². The Morgan fingerprint density at radius 3 is 2.37 bits per heavy atom. The lowest BCUT2D eigenvalue weighted by molar-refractivity contribution is -0.432. The number of hydrogen-bond acceptors (Lipinski definition) is 5. The molecular formula is C20H28NO5P. The molecule has 0 bridgehead atoms. The third-order valence-electron chi connectivity index (χ3n) is 4.41. The first-order valence-electron chi connectivity index (χ1n) is 8.84. The third kappa shape index (κ3) is 6.25. The van der Waals surface area contributed by atoms with Crippen LogP contribution in [0.2, 0.25) is 0 Å². The number of phosphoric ester groups is 1. The van der Waals surface area contributed by atoms with E-state index in [0.29, 0.717) is 0 Å². The molecule has 27 heavy (non-hydrogen) atoms. The minimum Gasteiger partial charge on any atom is -0.756 e. The predicted molar refractivity (Wildman–Crippen MR) is 102 cm³/mol. The van der Waals surface area contributed by atoms with Crippen molar-refractivity contribution in [3.8, 4) is 0 Å². The monoisotopic (exact) mass is 393 g/mol. The molecule has 1 aliphatic heterocycles. The van der Waals surface area contributed by atoms with Crippen molar-refractivity contribution in [1.29, 1.82) is 0 Å². The van der Waals surface area contributed by atoms with Gasteiger partial charge in [-0.2, -0.15) is 0 Å². The van der Waals surface area contributed by atoms with Gasteiger partial charge in [-0.25, -0.2) is 0 Å². The number of phosphoric acid groups is 1. The van der Waals surface area contributed by atoms with Crippen LogP contribution in [-0.2, 0) is 13.6 Å². The Hall–Kier alpha value is -1.53. The van der Waals surface area contributed by atoms with E-state index < -0.39 is 13.9 Å². The Bertz CT molecular complexity index is 764. The maximum atomic E-state index is 11.3. The van der Waals surface area contributed by atoms with Crippen molar-refractivity contribution in [1.82, 2.24) is 0 Å². The van der Waals surface area contributed by atoms with E-state index in [9.17, 15) is 9.46 Å². The quantitative estimate of drug-likeness (QED) is 0.780. The van der Waals surface area contributed by atoms with E-state index in [2.05, 4.69) is 5.73 Å². The maximum Gasteiger partial charge on any atom is 0.268 e. The van der Waals surface area contributed by atoms with Crippen LogP contribution >= 0.6 is 7.82 Å². The van der Waals surface area contributed by atoms with Crippen molar-refractivity contribution in [2.24, 2.45) is 5.41 Å². The molecule has 0 amide bonds. The number of aliphatic hydroxyl groups is 1. The summed E-state index contributed by atoms with van der Waals surface area (Å²) in [6.45, 7) is 6.14. The van der Waals surface area contributed by atoms with Gasteiger partial charge in [-0.15, -0.1) is 0 Å². The van der Waals surface area contributed by atoms with Gasteiger partial charge in [0, 0.05) is 11.0 Å². The van der Waals surface area contributed by atoms with Crippen LogP contribution in [0.3, 0.4) is 0 Å². The minimum absolute atomic E-state index is 0.00981. The van der Waals surface area contributed by atoms with Gasteiger partial charge in [0.25, 0.3) is 7.82 Å². The summed E-state index contributed by atoms with van der Waals surface area (Å²) in [6, 6.07) is 17.4. The molecule has 0 aliphatic carbocycles. The smallest absolute Gasteiger partial charge is 0.268 e. The summed E-state index contributed by atoms with van der Waals surface area (Å²) < 4.78 is 21.1. The first-order valence-corrected chi connectivity index (χ1v) is 10.3. The molecule has 148 valence electrons. The second-order valence-electron chi connectivity index (χ2n) is 7.40. The number of benzene rings is 2. The van der Waals surface area contributed by atoms with E-state index in [0.717, 1.165) is 11.1 Å². The normalized spacial score (nSPS) is 25.2. The lowest BCUT2D eigenvalue weighted by Crippen LogP contribution is -2.55. The summed E-state index contributed by atoms with van der Waals surface area (Å²) in [7, 11) is -4.14. The Morgan fingerprint density at radius 2 is 1.81 bits per heavy atom. The molecule has 1 heterocycles. The van der Waals surface area contributed by atoms with Crippen LogP contribution in [0.5, 0.6) is 0 Å².